The first-order chi connectivity index (χ1) is 14.1. The number of anilines is 1. The Balaban J connectivity index is 1.66. The minimum absolute atomic E-state index is 0.315. The minimum Gasteiger partial charge on any atom is -0.463 e. The highest BCUT2D eigenvalue weighted by Gasteiger charge is 2.35. The Morgan fingerprint density at radius 2 is 2.17 bits per heavy atom. The van der Waals surface area contributed by atoms with Crippen LogP contribution in [0.2, 0.25) is 5.02 Å². The summed E-state index contributed by atoms with van der Waals surface area (Å²) in [5, 5.41) is 11.2. The molecule has 0 bridgehead atoms. The molecule has 0 saturated carbocycles. The highest BCUT2D eigenvalue weighted by molar-refractivity contribution is 7.98. The Hall–Kier alpha value is -2.29. The van der Waals surface area contributed by atoms with Crippen LogP contribution in [0.3, 0.4) is 0 Å². The zero-order valence-corrected chi connectivity index (χ0v) is 18.3. The largest absolute Gasteiger partial charge is 0.463 e. The fourth-order valence-electron chi connectivity index (χ4n) is 3.13. The zero-order chi connectivity index (χ0) is 20.4. The highest BCUT2D eigenvalue weighted by Crippen LogP contribution is 2.38. The zero-order valence-electron chi connectivity index (χ0n) is 15.9. The van der Waals surface area contributed by atoms with Gasteiger partial charge in [-0.1, -0.05) is 47.6 Å². The minimum atomic E-state index is -0.368. The Labute approximate surface area is 181 Å². The molecule has 6 nitrogen and oxygen atoms in total. The van der Waals surface area contributed by atoms with Crippen molar-refractivity contribution in [2.45, 2.75) is 30.8 Å². The number of ether oxygens (including phenoxy) is 1. The van der Waals surface area contributed by atoms with Gasteiger partial charge in [0.15, 0.2) is 0 Å². The third-order valence-electron chi connectivity index (χ3n) is 4.46. The number of carbonyl (C=O) groups is 1. The van der Waals surface area contributed by atoms with E-state index in [0.29, 0.717) is 29.0 Å². The van der Waals surface area contributed by atoms with E-state index in [1.54, 1.807) is 22.9 Å². The number of carbonyl (C=O) groups excluding carboxylic acids is 1. The topological polar surface area (TPSA) is 69.0 Å². The van der Waals surface area contributed by atoms with Gasteiger partial charge in [-0.3, -0.25) is 0 Å². The summed E-state index contributed by atoms with van der Waals surface area (Å²) in [4.78, 5) is 18.3. The number of aromatic nitrogens is 3. The van der Waals surface area contributed by atoms with E-state index in [0.717, 1.165) is 21.2 Å². The van der Waals surface area contributed by atoms with Crippen LogP contribution in [-0.4, -0.2) is 27.3 Å². The van der Waals surface area contributed by atoms with Crippen molar-refractivity contribution in [1.29, 1.82) is 0 Å². The van der Waals surface area contributed by atoms with Gasteiger partial charge in [-0.2, -0.15) is 4.98 Å². The molecule has 9 heteroatoms. The van der Waals surface area contributed by atoms with Gasteiger partial charge in [0.05, 0.1) is 12.2 Å². The third-order valence-corrected chi connectivity index (χ3v) is 6.64. The fourth-order valence-corrected chi connectivity index (χ4v) is 5.07. The Bertz CT molecular complexity index is 1060. The van der Waals surface area contributed by atoms with Crippen LogP contribution in [0.15, 0.2) is 58.2 Å². The van der Waals surface area contributed by atoms with Crippen LogP contribution in [-0.2, 0) is 15.3 Å². The summed E-state index contributed by atoms with van der Waals surface area (Å²) in [6.07, 6.45) is 0. The van der Waals surface area contributed by atoms with Crippen molar-refractivity contribution >= 4 is 46.6 Å². The maximum Gasteiger partial charge on any atom is 0.338 e. The number of esters is 1. The van der Waals surface area contributed by atoms with Crippen LogP contribution in [0.25, 0.3) is 0 Å². The smallest absolute Gasteiger partial charge is 0.338 e. The molecule has 0 saturated heterocycles. The van der Waals surface area contributed by atoms with Crippen molar-refractivity contribution in [3.63, 3.8) is 0 Å². The first kappa shape index (κ1) is 20.0. The number of thioether (sulfide) groups is 1. The number of fused-ring (bicyclic) bond motifs is 1. The molecule has 0 spiro atoms. The maximum atomic E-state index is 12.7. The van der Waals surface area contributed by atoms with Gasteiger partial charge in [0, 0.05) is 21.3 Å². The average Bonchev–Trinajstić information content (AvgIpc) is 3.36. The number of halogens is 1. The maximum absolute atomic E-state index is 12.7. The van der Waals surface area contributed by atoms with Crippen molar-refractivity contribution in [3.05, 3.63) is 68.5 Å². The molecule has 0 fully saturated rings. The van der Waals surface area contributed by atoms with E-state index in [9.17, 15) is 4.79 Å². The molecule has 3 aromatic rings. The van der Waals surface area contributed by atoms with Gasteiger partial charge in [-0.05, 0) is 36.9 Å². The van der Waals surface area contributed by atoms with Crippen molar-refractivity contribution in [3.8, 4) is 0 Å². The molecule has 1 aliphatic rings. The lowest BCUT2D eigenvalue weighted by atomic mass is 10.0. The first-order valence-corrected chi connectivity index (χ1v) is 11.3. The predicted octanol–water partition coefficient (Wildman–Crippen LogP) is 5.14. The lowest BCUT2D eigenvalue weighted by molar-refractivity contribution is -0.139. The average molecular weight is 447 g/mol. The van der Waals surface area contributed by atoms with Gasteiger partial charge in [0.1, 0.15) is 6.04 Å². The van der Waals surface area contributed by atoms with Crippen LogP contribution < -0.4 is 5.32 Å². The van der Waals surface area contributed by atoms with Crippen LogP contribution in [0.1, 0.15) is 30.3 Å². The van der Waals surface area contributed by atoms with Crippen LogP contribution in [0.5, 0.6) is 0 Å². The number of nitrogens with zero attached hydrogens (tertiary/aromatic N) is 3. The second-order valence-electron chi connectivity index (χ2n) is 6.34. The molecular formula is C20H19ClN4O2S2. The standard InChI is InChI=1S/C20H19ClN4O2S2/c1-3-27-18(26)16-12(2)22-19-23-20(29-11-13-7-4-5-8-14(13)21)24-25(19)17(16)15-9-6-10-28-15/h4-10,17H,3,11H2,1-2H3,(H,22,23,24)/t17-/m0/s1. The lowest BCUT2D eigenvalue weighted by Gasteiger charge is -2.26. The Morgan fingerprint density at radius 3 is 2.90 bits per heavy atom. The summed E-state index contributed by atoms with van der Waals surface area (Å²) in [5.41, 5.74) is 2.30. The highest BCUT2D eigenvalue weighted by atomic mass is 35.5. The summed E-state index contributed by atoms with van der Waals surface area (Å²) >= 11 is 9.33. The predicted molar refractivity (Wildman–Crippen MR) is 116 cm³/mol. The van der Waals surface area contributed by atoms with Crippen LogP contribution in [0.4, 0.5) is 5.95 Å². The molecule has 2 aromatic heterocycles. The molecule has 150 valence electrons. The number of rotatable bonds is 6. The van der Waals surface area contributed by atoms with Gasteiger partial charge in [-0.25, -0.2) is 9.48 Å². The van der Waals surface area contributed by atoms with Gasteiger partial charge in [-0.15, -0.1) is 16.4 Å². The van der Waals surface area contributed by atoms with Crippen molar-refractivity contribution in [1.82, 2.24) is 14.8 Å². The number of benzene rings is 1. The van der Waals surface area contributed by atoms with Gasteiger partial charge >= 0.3 is 5.97 Å². The summed E-state index contributed by atoms with van der Waals surface area (Å²) in [5.74, 6) is 0.919. The van der Waals surface area contributed by atoms with E-state index in [4.69, 9.17) is 16.3 Å². The van der Waals surface area contributed by atoms with Gasteiger partial charge < -0.3 is 10.1 Å². The molecule has 1 aliphatic heterocycles. The second kappa shape index (κ2) is 8.61. The number of thiophene rings is 1. The van der Waals surface area contributed by atoms with Crippen molar-refractivity contribution < 1.29 is 9.53 Å². The molecule has 4 rings (SSSR count). The third kappa shape index (κ3) is 4.05. The molecule has 29 heavy (non-hydrogen) atoms. The summed E-state index contributed by atoms with van der Waals surface area (Å²) in [7, 11) is 0. The SMILES string of the molecule is CCOC(=O)C1=C(C)Nc2nc(SCc3ccccc3Cl)nn2[C@H]1c1cccs1. The van der Waals surface area contributed by atoms with Gasteiger partial charge in [0.25, 0.3) is 0 Å². The summed E-state index contributed by atoms with van der Waals surface area (Å²) in [6, 6.07) is 11.3. The monoisotopic (exact) mass is 446 g/mol. The fraction of sp³-hybridized carbons (Fsp3) is 0.250. The molecular weight excluding hydrogens is 428 g/mol. The number of hydrogen-bond donors (Lipinski definition) is 1. The Kier molecular flexibility index (Phi) is 5.94. The normalized spacial score (nSPS) is 15.8. The van der Waals surface area contributed by atoms with Crippen molar-refractivity contribution in [2.75, 3.05) is 11.9 Å². The Morgan fingerprint density at radius 1 is 1.34 bits per heavy atom. The molecule has 1 atom stereocenters. The molecule has 1 aromatic carbocycles. The quantitative estimate of drug-likeness (QED) is 0.417. The van der Waals surface area contributed by atoms with Crippen LogP contribution in [0, 0.1) is 0 Å². The number of nitrogens with one attached hydrogen (secondary N) is 1. The molecule has 0 radical (unpaired) electrons. The number of hydrogen-bond acceptors (Lipinski definition) is 7. The molecule has 0 aliphatic carbocycles. The summed E-state index contributed by atoms with van der Waals surface area (Å²) in [6.45, 7) is 3.98. The van der Waals surface area contributed by atoms with Crippen molar-refractivity contribution in [2.24, 2.45) is 0 Å². The van der Waals surface area contributed by atoms with E-state index in [1.165, 1.54) is 11.8 Å². The van der Waals surface area contributed by atoms with E-state index in [1.807, 2.05) is 48.7 Å². The lowest BCUT2D eigenvalue weighted by Crippen LogP contribution is -2.29. The van der Waals surface area contributed by atoms with Gasteiger partial charge in [0.2, 0.25) is 11.1 Å². The molecule has 0 amide bonds. The number of allylic oxidation sites excluding steroid dienone is 1. The molecule has 0 unspecified atom stereocenters. The van der Waals surface area contributed by atoms with E-state index in [2.05, 4.69) is 15.4 Å². The second-order valence-corrected chi connectivity index (χ2v) is 8.67. The molecule has 1 N–H and O–H groups in total. The van der Waals surface area contributed by atoms with E-state index < -0.39 is 0 Å². The van der Waals surface area contributed by atoms with Crippen LogP contribution >= 0.6 is 34.7 Å². The first-order valence-electron chi connectivity index (χ1n) is 9.09. The summed E-state index contributed by atoms with van der Waals surface area (Å²) < 4.78 is 7.07. The molecule has 3 heterocycles. The van der Waals surface area contributed by atoms with E-state index >= 15 is 0 Å². The van der Waals surface area contributed by atoms with E-state index in [-0.39, 0.29) is 12.0 Å².